The summed E-state index contributed by atoms with van der Waals surface area (Å²) in [4.78, 5) is 4.08. The van der Waals surface area contributed by atoms with E-state index in [4.69, 9.17) is 0 Å². The van der Waals surface area contributed by atoms with Crippen molar-refractivity contribution in [3.63, 3.8) is 0 Å². The highest BCUT2D eigenvalue weighted by atomic mass is 16.3. The molecule has 4 aliphatic rings. The van der Waals surface area contributed by atoms with Gasteiger partial charge in [0.2, 0.25) is 0 Å². The Bertz CT molecular complexity index is 822. The summed E-state index contributed by atoms with van der Waals surface area (Å²) in [6.07, 6.45) is 18.2. The van der Waals surface area contributed by atoms with Crippen molar-refractivity contribution in [2.24, 2.45) is 40.4 Å². The molecule has 4 aliphatic carbocycles. The van der Waals surface area contributed by atoms with Gasteiger partial charge in [-0.05, 0) is 98.2 Å². The van der Waals surface area contributed by atoms with E-state index in [-0.39, 0.29) is 0 Å². The van der Waals surface area contributed by atoms with Crippen LogP contribution in [0.5, 0.6) is 0 Å². The number of aliphatic hydroxyl groups is 1. The van der Waals surface area contributed by atoms with Crippen LogP contribution >= 0.6 is 0 Å². The smallest absolute Gasteiger partial charge is 0.125 e. The Hall–Kier alpha value is -1.27. The van der Waals surface area contributed by atoms with Gasteiger partial charge in [-0.25, -0.2) is 4.98 Å². The van der Waals surface area contributed by atoms with Gasteiger partial charge >= 0.3 is 0 Å². The van der Waals surface area contributed by atoms with E-state index < -0.39 is 5.60 Å². The topological polar surface area (TPSA) is 38.0 Å². The molecule has 1 aromatic heterocycles. The Morgan fingerprint density at radius 2 is 1.87 bits per heavy atom. The van der Waals surface area contributed by atoms with Crippen molar-refractivity contribution in [2.75, 3.05) is 0 Å². The van der Waals surface area contributed by atoms with Crippen molar-refractivity contribution in [2.45, 2.75) is 97.1 Å². The van der Waals surface area contributed by atoms with Crippen LogP contribution in [-0.4, -0.2) is 20.3 Å². The minimum atomic E-state index is -0.790. The van der Waals surface area contributed by atoms with Gasteiger partial charge in [0.25, 0.3) is 0 Å². The van der Waals surface area contributed by atoms with E-state index in [1.807, 2.05) is 10.8 Å². The summed E-state index contributed by atoms with van der Waals surface area (Å²) in [5.41, 5.74) is 0.224. The summed E-state index contributed by atoms with van der Waals surface area (Å²) in [5.74, 6) is 10.8. The Balaban J connectivity index is 1.31. The first kappa shape index (κ1) is 20.6. The molecule has 5 rings (SSSR count). The molecular formula is C27H40N2O. The SMILES string of the molecule is CC[C@H]1CC[C@H]2[C@@H]3CC[C@@H]4C[C@@](O)(C#CCn5ccnc5)CC[C@]4(C)[C@H]3CC[C@]12C. The van der Waals surface area contributed by atoms with Gasteiger partial charge in [0.1, 0.15) is 5.60 Å². The van der Waals surface area contributed by atoms with Gasteiger partial charge in [-0.15, -0.1) is 0 Å². The molecule has 0 spiro atoms. The molecule has 4 fully saturated rings. The Labute approximate surface area is 183 Å². The van der Waals surface area contributed by atoms with Crippen LogP contribution in [0.25, 0.3) is 0 Å². The van der Waals surface area contributed by atoms with Crippen LogP contribution in [0, 0.1) is 52.3 Å². The number of hydrogen-bond donors (Lipinski definition) is 1. The van der Waals surface area contributed by atoms with E-state index in [0.29, 0.717) is 23.3 Å². The Kier molecular flexibility index (Phi) is 5.09. The van der Waals surface area contributed by atoms with Crippen molar-refractivity contribution in [1.82, 2.24) is 9.55 Å². The third-order valence-electron chi connectivity index (χ3n) is 10.6. The standard InChI is InChI=1S/C27H40N2O/c1-4-20-7-9-23-22-8-6-21-18-27(30,11-5-16-29-17-15-28-19-29)14-13-26(21,3)24(22)10-12-25(20,23)2/h15,17,19-24,30H,4,6-10,12-14,16,18H2,1-3H3/t20-,21+,22-,23-,24-,25+,26-,27+/m0/s1. The molecule has 0 bridgehead atoms. The zero-order chi connectivity index (χ0) is 21.0. The van der Waals surface area contributed by atoms with Crippen molar-refractivity contribution in [3.05, 3.63) is 18.7 Å². The van der Waals surface area contributed by atoms with Gasteiger partial charge in [0.05, 0.1) is 12.9 Å². The molecule has 0 saturated heterocycles. The lowest BCUT2D eigenvalue weighted by atomic mass is 9.44. The average molecular weight is 409 g/mol. The first-order chi connectivity index (χ1) is 14.4. The molecule has 30 heavy (non-hydrogen) atoms. The van der Waals surface area contributed by atoms with Crippen molar-refractivity contribution in [3.8, 4) is 11.8 Å². The molecule has 1 heterocycles. The normalized spacial score (nSPS) is 47.5. The first-order valence-corrected chi connectivity index (χ1v) is 12.6. The summed E-state index contributed by atoms with van der Waals surface area (Å²) in [6.45, 7) is 8.26. The van der Waals surface area contributed by atoms with Gasteiger partial charge in [-0.1, -0.05) is 39.0 Å². The highest BCUT2D eigenvalue weighted by Crippen LogP contribution is 2.68. The van der Waals surface area contributed by atoms with E-state index in [9.17, 15) is 5.11 Å². The molecule has 3 heteroatoms. The van der Waals surface area contributed by atoms with Crippen LogP contribution in [-0.2, 0) is 6.54 Å². The van der Waals surface area contributed by atoms with Gasteiger partial charge in [0.15, 0.2) is 0 Å². The lowest BCUT2D eigenvalue weighted by Crippen LogP contribution is -2.55. The van der Waals surface area contributed by atoms with E-state index in [2.05, 4.69) is 37.6 Å². The van der Waals surface area contributed by atoms with Gasteiger partial charge in [-0.2, -0.15) is 0 Å². The van der Waals surface area contributed by atoms with E-state index in [0.717, 1.165) is 42.9 Å². The fourth-order valence-electron chi connectivity index (χ4n) is 8.81. The maximum atomic E-state index is 11.3. The van der Waals surface area contributed by atoms with Crippen LogP contribution in [0.4, 0.5) is 0 Å². The predicted molar refractivity (Wildman–Crippen MR) is 120 cm³/mol. The molecule has 0 aromatic carbocycles. The molecular weight excluding hydrogens is 368 g/mol. The van der Waals surface area contributed by atoms with Crippen LogP contribution in [0.15, 0.2) is 18.7 Å². The molecule has 0 amide bonds. The molecule has 4 saturated carbocycles. The highest BCUT2D eigenvalue weighted by Gasteiger charge is 2.60. The minimum absolute atomic E-state index is 0.410. The maximum absolute atomic E-state index is 11.3. The summed E-state index contributed by atoms with van der Waals surface area (Å²) in [7, 11) is 0. The fourth-order valence-corrected chi connectivity index (χ4v) is 8.81. The number of fused-ring (bicyclic) bond motifs is 5. The van der Waals surface area contributed by atoms with E-state index in [1.165, 1.54) is 44.9 Å². The zero-order valence-electron chi connectivity index (χ0n) is 19.2. The lowest BCUT2D eigenvalue weighted by Gasteiger charge is -2.61. The van der Waals surface area contributed by atoms with Crippen LogP contribution < -0.4 is 0 Å². The largest absolute Gasteiger partial charge is 0.378 e. The number of imidazole rings is 1. The summed E-state index contributed by atoms with van der Waals surface area (Å²) in [5, 5.41) is 11.3. The van der Waals surface area contributed by atoms with Crippen LogP contribution in [0.2, 0.25) is 0 Å². The number of aromatic nitrogens is 2. The quantitative estimate of drug-likeness (QED) is 0.639. The molecule has 164 valence electrons. The monoisotopic (exact) mass is 408 g/mol. The van der Waals surface area contributed by atoms with Crippen molar-refractivity contribution >= 4 is 0 Å². The first-order valence-electron chi connectivity index (χ1n) is 12.6. The minimum Gasteiger partial charge on any atom is -0.378 e. The average Bonchev–Trinajstić information content (AvgIpc) is 3.35. The molecule has 1 aromatic rings. The molecule has 3 nitrogen and oxygen atoms in total. The second-order valence-corrected chi connectivity index (χ2v) is 11.7. The van der Waals surface area contributed by atoms with E-state index in [1.54, 1.807) is 12.5 Å². The fraction of sp³-hybridized carbons (Fsp3) is 0.815. The molecule has 0 unspecified atom stereocenters. The summed E-state index contributed by atoms with van der Waals surface area (Å²) in [6, 6.07) is 0. The third kappa shape index (κ3) is 3.17. The Morgan fingerprint density at radius 3 is 2.63 bits per heavy atom. The second-order valence-electron chi connectivity index (χ2n) is 11.7. The molecule has 1 N–H and O–H groups in total. The lowest BCUT2D eigenvalue weighted by molar-refractivity contribution is -0.138. The molecule has 0 radical (unpaired) electrons. The maximum Gasteiger partial charge on any atom is 0.125 e. The van der Waals surface area contributed by atoms with E-state index >= 15 is 0 Å². The van der Waals surface area contributed by atoms with Crippen molar-refractivity contribution < 1.29 is 5.11 Å². The number of nitrogens with zero attached hydrogens (tertiary/aromatic N) is 2. The molecule has 0 aliphatic heterocycles. The number of rotatable bonds is 2. The third-order valence-corrected chi connectivity index (χ3v) is 10.6. The van der Waals surface area contributed by atoms with Crippen LogP contribution in [0.3, 0.4) is 0 Å². The van der Waals surface area contributed by atoms with Crippen LogP contribution in [0.1, 0.15) is 85.0 Å². The summed E-state index contributed by atoms with van der Waals surface area (Å²) >= 11 is 0. The zero-order valence-corrected chi connectivity index (χ0v) is 19.2. The Morgan fingerprint density at radius 1 is 1.03 bits per heavy atom. The number of hydrogen-bond acceptors (Lipinski definition) is 2. The van der Waals surface area contributed by atoms with Gasteiger partial charge < -0.3 is 9.67 Å². The van der Waals surface area contributed by atoms with Gasteiger partial charge in [-0.3, -0.25) is 0 Å². The van der Waals surface area contributed by atoms with Crippen molar-refractivity contribution in [1.29, 1.82) is 0 Å². The molecule has 8 atom stereocenters. The predicted octanol–water partition coefficient (Wildman–Crippen LogP) is 5.69. The second kappa shape index (κ2) is 7.40. The van der Waals surface area contributed by atoms with Gasteiger partial charge in [0, 0.05) is 12.4 Å². The highest BCUT2D eigenvalue weighted by molar-refractivity contribution is 5.19. The summed E-state index contributed by atoms with van der Waals surface area (Å²) < 4.78 is 1.97.